The standard InChI is InChI=1S/C19H18FN3O2S/c1-3-25-16-9-6-14(10-12(16)2)18(24)21-19-23-22-17(26-19)11-13-4-7-15(20)8-5-13/h4-10H,3,11H2,1-2H3,(H,21,23,24). The van der Waals surface area contributed by atoms with Crippen LogP contribution in [0, 0.1) is 12.7 Å². The summed E-state index contributed by atoms with van der Waals surface area (Å²) in [7, 11) is 0. The Morgan fingerprint density at radius 2 is 1.96 bits per heavy atom. The highest BCUT2D eigenvalue weighted by molar-refractivity contribution is 7.15. The predicted molar refractivity (Wildman–Crippen MR) is 99.4 cm³/mol. The van der Waals surface area contributed by atoms with Gasteiger partial charge >= 0.3 is 0 Å². The number of carbonyl (C=O) groups excluding carboxylic acids is 1. The van der Waals surface area contributed by atoms with Gasteiger partial charge in [-0.15, -0.1) is 10.2 Å². The maximum Gasteiger partial charge on any atom is 0.257 e. The van der Waals surface area contributed by atoms with Crippen molar-refractivity contribution < 1.29 is 13.9 Å². The molecule has 7 heteroatoms. The van der Waals surface area contributed by atoms with Gasteiger partial charge in [0.25, 0.3) is 5.91 Å². The molecule has 0 fully saturated rings. The van der Waals surface area contributed by atoms with Crippen molar-refractivity contribution in [2.75, 3.05) is 11.9 Å². The van der Waals surface area contributed by atoms with Gasteiger partial charge in [-0.2, -0.15) is 0 Å². The van der Waals surface area contributed by atoms with Crippen molar-refractivity contribution in [1.29, 1.82) is 0 Å². The summed E-state index contributed by atoms with van der Waals surface area (Å²) in [6, 6.07) is 11.5. The summed E-state index contributed by atoms with van der Waals surface area (Å²) in [6.07, 6.45) is 0.538. The Balaban J connectivity index is 1.65. The van der Waals surface area contributed by atoms with Crippen LogP contribution < -0.4 is 10.1 Å². The molecule has 3 aromatic rings. The smallest absolute Gasteiger partial charge is 0.257 e. The van der Waals surface area contributed by atoms with Crippen molar-refractivity contribution in [3.63, 3.8) is 0 Å². The number of hydrogen-bond donors (Lipinski definition) is 1. The van der Waals surface area contributed by atoms with E-state index in [9.17, 15) is 9.18 Å². The summed E-state index contributed by atoms with van der Waals surface area (Å²) in [5.74, 6) is 0.242. The Labute approximate surface area is 154 Å². The number of nitrogens with zero attached hydrogens (tertiary/aromatic N) is 2. The Bertz CT molecular complexity index is 909. The predicted octanol–water partition coefficient (Wildman–Crippen LogP) is 4.23. The van der Waals surface area contributed by atoms with Crippen molar-refractivity contribution >= 4 is 22.4 Å². The lowest BCUT2D eigenvalue weighted by Crippen LogP contribution is -2.12. The number of ether oxygens (including phenoxy) is 1. The molecular weight excluding hydrogens is 353 g/mol. The van der Waals surface area contributed by atoms with Crippen LogP contribution in [0.1, 0.15) is 33.4 Å². The van der Waals surface area contributed by atoms with Crippen LogP contribution in [0.3, 0.4) is 0 Å². The zero-order chi connectivity index (χ0) is 18.5. The summed E-state index contributed by atoms with van der Waals surface area (Å²) in [6.45, 7) is 4.39. The third-order valence-corrected chi connectivity index (χ3v) is 4.53. The number of amides is 1. The molecule has 1 heterocycles. The van der Waals surface area contributed by atoms with Gasteiger partial charge in [0, 0.05) is 12.0 Å². The third-order valence-electron chi connectivity index (χ3n) is 3.69. The van der Waals surface area contributed by atoms with Gasteiger partial charge in [-0.3, -0.25) is 10.1 Å². The molecule has 0 bridgehead atoms. The summed E-state index contributed by atoms with van der Waals surface area (Å²) in [5, 5.41) is 12.0. The molecule has 0 unspecified atom stereocenters. The van der Waals surface area contributed by atoms with Gasteiger partial charge in [0.15, 0.2) is 0 Å². The number of hydrogen-bond acceptors (Lipinski definition) is 5. The number of carbonyl (C=O) groups is 1. The molecular formula is C19H18FN3O2S. The summed E-state index contributed by atoms with van der Waals surface area (Å²) >= 11 is 1.30. The van der Waals surface area contributed by atoms with Crippen LogP contribution in [0.2, 0.25) is 0 Å². The number of benzene rings is 2. The summed E-state index contributed by atoms with van der Waals surface area (Å²) in [5.41, 5.74) is 2.36. The second-order valence-corrected chi connectivity index (χ2v) is 6.73. The van der Waals surface area contributed by atoms with Gasteiger partial charge in [-0.05, 0) is 55.3 Å². The van der Waals surface area contributed by atoms with Crippen LogP contribution in [0.5, 0.6) is 5.75 Å². The van der Waals surface area contributed by atoms with Crippen molar-refractivity contribution in [2.24, 2.45) is 0 Å². The van der Waals surface area contributed by atoms with Crippen molar-refractivity contribution in [3.05, 3.63) is 70.0 Å². The molecule has 3 rings (SSSR count). The van der Waals surface area contributed by atoms with Crippen molar-refractivity contribution in [2.45, 2.75) is 20.3 Å². The topological polar surface area (TPSA) is 64.1 Å². The second-order valence-electron chi connectivity index (χ2n) is 5.67. The second kappa shape index (κ2) is 8.05. The number of rotatable bonds is 6. The zero-order valence-corrected chi connectivity index (χ0v) is 15.3. The first-order chi connectivity index (χ1) is 12.5. The molecule has 0 spiro atoms. The van der Waals surface area contributed by atoms with Gasteiger partial charge in [0.2, 0.25) is 5.13 Å². The first kappa shape index (κ1) is 18.0. The number of halogens is 1. The largest absolute Gasteiger partial charge is 0.494 e. The molecule has 0 saturated carbocycles. The molecule has 0 saturated heterocycles. The fraction of sp³-hybridized carbons (Fsp3) is 0.211. The molecule has 0 aliphatic heterocycles. The van der Waals surface area contributed by atoms with Crippen molar-refractivity contribution in [1.82, 2.24) is 10.2 Å². The van der Waals surface area contributed by atoms with Gasteiger partial charge in [0.05, 0.1) is 6.61 Å². The molecule has 1 aromatic heterocycles. The Morgan fingerprint density at radius 1 is 1.19 bits per heavy atom. The minimum Gasteiger partial charge on any atom is -0.494 e. The van der Waals surface area contributed by atoms with E-state index in [4.69, 9.17) is 4.74 Å². The Kier molecular flexibility index (Phi) is 5.58. The minimum atomic E-state index is -0.274. The SMILES string of the molecule is CCOc1ccc(C(=O)Nc2nnc(Cc3ccc(F)cc3)s2)cc1C. The van der Waals surface area contributed by atoms with E-state index in [0.717, 1.165) is 21.9 Å². The van der Waals surface area contributed by atoms with E-state index in [1.54, 1.807) is 30.3 Å². The van der Waals surface area contributed by atoms with E-state index in [1.165, 1.54) is 23.5 Å². The summed E-state index contributed by atoms with van der Waals surface area (Å²) < 4.78 is 18.4. The Morgan fingerprint density at radius 3 is 2.65 bits per heavy atom. The maximum atomic E-state index is 12.9. The minimum absolute atomic E-state index is 0.249. The molecule has 2 aromatic carbocycles. The summed E-state index contributed by atoms with van der Waals surface area (Å²) in [4.78, 5) is 12.4. The first-order valence-electron chi connectivity index (χ1n) is 8.16. The maximum absolute atomic E-state index is 12.9. The Hall–Kier alpha value is -2.80. The number of aryl methyl sites for hydroxylation is 1. The number of anilines is 1. The van der Waals surface area contributed by atoms with Crippen LogP contribution in [-0.2, 0) is 6.42 Å². The molecule has 1 amide bonds. The highest BCUT2D eigenvalue weighted by Crippen LogP contribution is 2.22. The molecule has 0 atom stereocenters. The average molecular weight is 371 g/mol. The van der Waals surface area contributed by atoms with Crippen LogP contribution in [0.15, 0.2) is 42.5 Å². The monoisotopic (exact) mass is 371 g/mol. The highest BCUT2D eigenvalue weighted by Gasteiger charge is 2.12. The number of aromatic nitrogens is 2. The molecule has 26 heavy (non-hydrogen) atoms. The van der Waals surface area contributed by atoms with E-state index >= 15 is 0 Å². The fourth-order valence-electron chi connectivity index (χ4n) is 2.43. The van der Waals surface area contributed by atoms with Crippen LogP contribution in [0.25, 0.3) is 0 Å². The van der Waals surface area contributed by atoms with Crippen molar-refractivity contribution in [3.8, 4) is 5.75 Å². The molecule has 5 nitrogen and oxygen atoms in total. The zero-order valence-electron chi connectivity index (χ0n) is 14.5. The van der Waals surface area contributed by atoms with E-state index in [0.29, 0.717) is 23.7 Å². The van der Waals surface area contributed by atoms with E-state index in [1.807, 2.05) is 13.8 Å². The molecule has 0 radical (unpaired) electrons. The molecule has 0 aliphatic carbocycles. The van der Waals surface area contributed by atoms with Crippen LogP contribution in [-0.4, -0.2) is 22.7 Å². The normalized spacial score (nSPS) is 10.6. The molecule has 134 valence electrons. The van der Waals surface area contributed by atoms with E-state index < -0.39 is 0 Å². The van der Waals surface area contributed by atoms with E-state index in [-0.39, 0.29) is 11.7 Å². The lowest BCUT2D eigenvalue weighted by atomic mass is 10.1. The van der Waals surface area contributed by atoms with Gasteiger partial charge in [0.1, 0.15) is 16.6 Å². The molecule has 0 aliphatic rings. The number of nitrogens with one attached hydrogen (secondary N) is 1. The third kappa shape index (κ3) is 4.43. The average Bonchev–Trinajstić information content (AvgIpc) is 3.05. The van der Waals surface area contributed by atoms with Gasteiger partial charge < -0.3 is 4.74 Å². The van der Waals surface area contributed by atoms with Gasteiger partial charge in [-0.1, -0.05) is 23.5 Å². The lowest BCUT2D eigenvalue weighted by molar-refractivity contribution is 0.102. The highest BCUT2D eigenvalue weighted by atomic mass is 32.1. The van der Waals surface area contributed by atoms with Crippen LogP contribution >= 0.6 is 11.3 Å². The fourth-order valence-corrected chi connectivity index (χ4v) is 3.20. The molecule has 1 N–H and O–H groups in total. The lowest BCUT2D eigenvalue weighted by Gasteiger charge is -2.08. The van der Waals surface area contributed by atoms with Crippen LogP contribution in [0.4, 0.5) is 9.52 Å². The first-order valence-corrected chi connectivity index (χ1v) is 8.98. The van der Waals surface area contributed by atoms with Gasteiger partial charge in [-0.25, -0.2) is 4.39 Å². The van der Waals surface area contributed by atoms with E-state index in [2.05, 4.69) is 15.5 Å². The quantitative estimate of drug-likeness (QED) is 0.704.